The first-order valence-electron chi connectivity index (χ1n) is 12.7. The van der Waals surface area contributed by atoms with E-state index in [0.717, 1.165) is 11.2 Å². The van der Waals surface area contributed by atoms with Gasteiger partial charge in [0.25, 0.3) is 0 Å². The summed E-state index contributed by atoms with van der Waals surface area (Å²) in [5.74, 6) is 1.76. The van der Waals surface area contributed by atoms with Crippen LogP contribution < -0.4 is 9.64 Å². The number of aromatic nitrogens is 4. The standard InChI is InChI=1S/C26H32N6O6S/c1-26(2,3)38-25(33)31-12-10-30(11-13-31)24-18-16-21(37-20(18)8-9-27-24)19-17-28-22-6-7-23(29-32(19)22)36-14-5-15-39(4,34)35/h6-9,16-17H,5,10-15H2,1-4H3. The Morgan fingerprint density at radius 2 is 1.87 bits per heavy atom. The number of imidazole rings is 1. The molecular formula is C26H32N6O6S. The minimum Gasteiger partial charge on any atom is -0.477 e. The summed E-state index contributed by atoms with van der Waals surface area (Å²) in [6.45, 7) is 8.10. The number of hydrogen-bond donors (Lipinski definition) is 0. The minimum atomic E-state index is -3.04. The van der Waals surface area contributed by atoms with Gasteiger partial charge in [0, 0.05) is 44.7 Å². The van der Waals surface area contributed by atoms with Gasteiger partial charge in [0.1, 0.15) is 32.5 Å². The van der Waals surface area contributed by atoms with Crippen LogP contribution in [0.2, 0.25) is 0 Å². The number of sulfone groups is 1. The predicted molar refractivity (Wildman–Crippen MR) is 146 cm³/mol. The molecule has 0 atom stereocenters. The van der Waals surface area contributed by atoms with Gasteiger partial charge < -0.3 is 23.7 Å². The van der Waals surface area contributed by atoms with Crippen LogP contribution in [0.3, 0.4) is 0 Å². The predicted octanol–water partition coefficient (Wildman–Crippen LogP) is 3.41. The second-order valence-corrected chi connectivity index (χ2v) is 12.8. The first-order valence-corrected chi connectivity index (χ1v) is 14.8. The normalized spacial score (nSPS) is 14.8. The second kappa shape index (κ2) is 10.4. The Labute approximate surface area is 226 Å². The Bertz CT molecular complexity index is 1600. The molecule has 0 spiro atoms. The summed E-state index contributed by atoms with van der Waals surface area (Å²) < 4.78 is 41.7. The molecule has 5 rings (SSSR count). The molecule has 12 nitrogen and oxygen atoms in total. The van der Waals surface area contributed by atoms with E-state index in [4.69, 9.17) is 13.9 Å². The zero-order valence-corrected chi connectivity index (χ0v) is 23.3. The van der Waals surface area contributed by atoms with Crippen LogP contribution in [0.4, 0.5) is 10.6 Å². The number of amides is 1. The van der Waals surface area contributed by atoms with E-state index in [0.29, 0.717) is 61.2 Å². The molecule has 0 aliphatic carbocycles. The SMILES string of the molecule is CC(C)(C)OC(=O)N1CCN(c2nccc3oc(-c4cnc5ccc(OCCCS(C)(=O)=O)nn45)cc23)CC1. The maximum absolute atomic E-state index is 12.5. The molecule has 208 valence electrons. The monoisotopic (exact) mass is 556 g/mol. The summed E-state index contributed by atoms with van der Waals surface area (Å²) in [5, 5.41) is 5.37. The van der Waals surface area contributed by atoms with E-state index in [1.807, 2.05) is 32.9 Å². The van der Waals surface area contributed by atoms with Gasteiger partial charge in [-0.2, -0.15) is 0 Å². The van der Waals surface area contributed by atoms with E-state index in [1.54, 1.807) is 33.9 Å². The fraction of sp³-hybridized carbons (Fsp3) is 0.462. The van der Waals surface area contributed by atoms with E-state index in [1.165, 1.54) is 6.26 Å². The number of hydrogen-bond acceptors (Lipinski definition) is 10. The van der Waals surface area contributed by atoms with Gasteiger partial charge in [-0.25, -0.2) is 27.7 Å². The molecule has 4 aromatic rings. The molecule has 5 heterocycles. The number of carbonyl (C=O) groups excluding carboxylic acids is 1. The van der Waals surface area contributed by atoms with E-state index in [2.05, 4.69) is 20.0 Å². The molecule has 0 N–H and O–H groups in total. The van der Waals surface area contributed by atoms with Crippen LogP contribution in [0.15, 0.2) is 41.1 Å². The van der Waals surface area contributed by atoms with Crippen LogP contribution in [0.25, 0.3) is 28.1 Å². The average Bonchev–Trinajstić information content (AvgIpc) is 3.49. The largest absolute Gasteiger partial charge is 0.477 e. The third-order valence-electron chi connectivity index (χ3n) is 6.16. The number of rotatable bonds is 7. The van der Waals surface area contributed by atoms with Crippen molar-refractivity contribution in [3.05, 3.63) is 36.7 Å². The maximum Gasteiger partial charge on any atom is 0.410 e. The van der Waals surface area contributed by atoms with Crippen LogP contribution in [0, 0.1) is 0 Å². The summed E-state index contributed by atoms with van der Waals surface area (Å²) in [4.78, 5) is 25.4. The second-order valence-electron chi connectivity index (χ2n) is 10.5. The molecule has 39 heavy (non-hydrogen) atoms. The summed E-state index contributed by atoms with van der Waals surface area (Å²) in [6, 6.07) is 7.21. The van der Waals surface area contributed by atoms with Crippen molar-refractivity contribution in [2.75, 3.05) is 49.7 Å². The van der Waals surface area contributed by atoms with E-state index < -0.39 is 15.4 Å². The lowest BCUT2D eigenvalue weighted by molar-refractivity contribution is 0.0240. The van der Waals surface area contributed by atoms with Crippen molar-refractivity contribution < 1.29 is 27.1 Å². The number of carbonyl (C=O) groups is 1. The van der Waals surface area contributed by atoms with E-state index in [-0.39, 0.29) is 18.5 Å². The van der Waals surface area contributed by atoms with Crippen LogP contribution in [-0.4, -0.2) is 89.4 Å². The van der Waals surface area contributed by atoms with Crippen LogP contribution in [-0.2, 0) is 14.6 Å². The van der Waals surface area contributed by atoms with Crippen LogP contribution >= 0.6 is 0 Å². The number of fused-ring (bicyclic) bond motifs is 2. The van der Waals surface area contributed by atoms with Crippen molar-refractivity contribution in [3.63, 3.8) is 0 Å². The molecule has 0 aromatic carbocycles. The van der Waals surface area contributed by atoms with Crippen molar-refractivity contribution in [3.8, 4) is 17.3 Å². The fourth-order valence-corrected chi connectivity index (χ4v) is 5.00. The third-order valence-corrected chi connectivity index (χ3v) is 7.19. The van der Waals surface area contributed by atoms with Gasteiger partial charge in [-0.15, -0.1) is 5.10 Å². The number of furan rings is 1. The highest BCUT2D eigenvalue weighted by Crippen LogP contribution is 2.33. The van der Waals surface area contributed by atoms with Gasteiger partial charge in [-0.05, 0) is 45.4 Å². The highest BCUT2D eigenvalue weighted by atomic mass is 32.2. The zero-order valence-electron chi connectivity index (χ0n) is 22.5. The number of pyridine rings is 1. The molecule has 0 saturated carbocycles. The van der Waals surface area contributed by atoms with E-state index >= 15 is 0 Å². The van der Waals surface area contributed by atoms with Gasteiger partial charge in [-0.3, -0.25) is 0 Å². The molecule has 1 aliphatic rings. The quantitative estimate of drug-likeness (QED) is 0.312. The van der Waals surface area contributed by atoms with Crippen molar-refractivity contribution in [1.29, 1.82) is 0 Å². The van der Waals surface area contributed by atoms with Gasteiger partial charge >= 0.3 is 6.09 Å². The molecule has 13 heteroatoms. The van der Waals surface area contributed by atoms with Crippen LogP contribution in [0.1, 0.15) is 27.2 Å². The summed E-state index contributed by atoms with van der Waals surface area (Å²) in [6.07, 6.45) is 4.66. The van der Waals surface area contributed by atoms with E-state index in [9.17, 15) is 13.2 Å². The van der Waals surface area contributed by atoms with Crippen molar-refractivity contribution in [2.24, 2.45) is 0 Å². The summed E-state index contributed by atoms with van der Waals surface area (Å²) >= 11 is 0. The third kappa shape index (κ3) is 6.24. The lowest BCUT2D eigenvalue weighted by Gasteiger charge is -2.36. The lowest BCUT2D eigenvalue weighted by atomic mass is 10.2. The molecule has 1 amide bonds. The minimum absolute atomic E-state index is 0.0526. The molecule has 4 aromatic heterocycles. The molecule has 1 fully saturated rings. The smallest absolute Gasteiger partial charge is 0.410 e. The topological polar surface area (TPSA) is 132 Å². The molecule has 0 radical (unpaired) electrons. The zero-order chi connectivity index (χ0) is 27.8. The Morgan fingerprint density at radius 1 is 1.10 bits per heavy atom. The Balaban J connectivity index is 1.34. The van der Waals surface area contributed by atoms with Crippen molar-refractivity contribution in [1.82, 2.24) is 24.5 Å². The maximum atomic E-state index is 12.5. The van der Waals surface area contributed by atoms with Crippen LogP contribution in [0.5, 0.6) is 5.88 Å². The molecule has 0 unspecified atom stereocenters. The molecule has 0 bridgehead atoms. The fourth-order valence-electron chi connectivity index (χ4n) is 4.35. The Morgan fingerprint density at radius 3 is 2.59 bits per heavy atom. The first kappa shape index (κ1) is 26.7. The first-order chi connectivity index (χ1) is 18.5. The summed E-state index contributed by atoms with van der Waals surface area (Å²) in [7, 11) is -3.04. The highest BCUT2D eigenvalue weighted by Gasteiger charge is 2.27. The highest BCUT2D eigenvalue weighted by molar-refractivity contribution is 7.90. The van der Waals surface area contributed by atoms with Gasteiger partial charge in [0.05, 0.1) is 23.9 Å². The molecular weight excluding hydrogens is 524 g/mol. The van der Waals surface area contributed by atoms with Gasteiger partial charge in [-0.1, -0.05) is 0 Å². The summed E-state index contributed by atoms with van der Waals surface area (Å²) in [5.41, 5.74) is 1.40. The molecule has 1 aliphatic heterocycles. The lowest BCUT2D eigenvalue weighted by Crippen LogP contribution is -2.50. The Kier molecular flexibility index (Phi) is 7.10. The van der Waals surface area contributed by atoms with Crippen molar-refractivity contribution in [2.45, 2.75) is 32.8 Å². The molecule has 1 saturated heterocycles. The van der Waals surface area contributed by atoms with Gasteiger partial charge in [0.2, 0.25) is 5.88 Å². The number of ether oxygens (including phenoxy) is 2. The Hall–Kier alpha value is -3.87. The van der Waals surface area contributed by atoms with Gasteiger partial charge in [0.15, 0.2) is 11.4 Å². The van der Waals surface area contributed by atoms with Crippen molar-refractivity contribution >= 4 is 38.4 Å². The number of nitrogens with zero attached hydrogens (tertiary/aromatic N) is 6. The average molecular weight is 557 g/mol. The number of piperazine rings is 1. The number of anilines is 1.